The summed E-state index contributed by atoms with van der Waals surface area (Å²) in [7, 11) is 4.07. The number of hydrogen-bond acceptors (Lipinski definition) is 4. The van der Waals surface area contributed by atoms with Crippen molar-refractivity contribution < 1.29 is 9.52 Å². The summed E-state index contributed by atoms with van der Waals surface area (Å²) < 4.78 is 5.43. The monoisotopic (exact) mass is 240 g/mol. The first-order valence-electron chi connectivity index (χ1n) is 5.98. The van der Waals surface area contributed by atoms with Crippen LogP contribution in [0, 0.1) is 5.41 Å². The molecule has 0 aliphatic rings. The molecule has 2 N–H and O–H groups in total. The molecule has 0 amide bonds. The molecule has 17 heavy (non-hydrogen) atoms. The van der Waals surface area contributed by atoms with Crippen molar-refractivity contribution in [3.63, 3.8) is 0 Å². The van der Waals surface area contributed by atoms with Gasteiger partial charge in [-0.05, 0) is 26.2 Å². The van der Waals surface area contributed by atoms with Gasteiger partial charge in [0.05, 0.1) is 12.3 Å². The van der Waals surface area contributed by atoms with Gasteiger partial charge in [0.15, 0.2) is 0 Å². The van der Waals surface area contributed by atoms with Crippen molar-refractivity contribution in [1.82, 2.24) is 10.2 Å². The second kappa shape index (κ2) is 6.19. The number of nitrogens with one attached hydrogen (secondary N) is 1. The third-order valence-electron chi connectivity index (χ3n) is 2.86. The van der Waals surface area contributed by atoms with Crippen LogP contribution in [0.25, 0.3) is 0 Å². The van der Waals surface area contributed by atoms with Crippen LogP contribution in [0.5, 0.6) is 0 Å². The number of furan rings is 1. The Hall–Kier alpha value is -0.840. The Morgan fingerprint density at radius 2 is 2.18 bits per heavy atom. The second-order valence-electron chi connectivity index (χ2n) is 5.45. The van der Waals surface area contributed by atoms with Gasteiger partial charge in [0, 0.05) is 25.1 Å². The molecule has 1 unspecified atom stereocenters. The first kappa shape index (κ1) is 14.2. The van der Waals surface area contributed by atoms with Crippen LogP contribution in [-0.2, 0) is 0 Å². The van der Waals surface area contributed by atoms with E-state index in [1.807, 2.05) is 40.1 Å². The summed E-state index contributed by atoms with van der Waals surface area (Å²) in [5.74, 6) is 0.962. The van der Waals surface area contributed by atoms with Gasteiger partial charge in [-0.3, -0.25) is 4.90 Å². The minimum Gasteiger partial charge on any atom is -0.468 e. The van der Waals surface area contributed by atoms with E-state index in [4.69, 9.17) is 4.42 Å². The van der Waals surface area contributed by atoms with E-state index < -0.39 is 0 Å². The molecule has 98 valence electrons. The molecule has 4 nitrogen and oxygen atoms in total. The van der Waals surface area contributed by atoms with E-state index >= 15 is 0 Å². The van der Waals surface area contributed by atoms with E-state index in [2.05, 4.69) is 10.2 Å². The molecule has 1 aromatic rings. The Labute approximate surface area is 104 Å². The smallest absolute Gasteiger partial charge is 0.122 e. The van der Waals surface area contributed by atoms with E-state index in [0.29, 0.717) is 0 Å². The van der Waals surface area contributed by atoms with Gasteiger partial charge in [-0.25, -0.2) is 0 Å². The molecule has 0 saturated heterocycles. The van der Waals surface area contributed by atoms with E-state index in [0.717, 1.165) is 18.8 Å². The van der Waals surface area contributed by atoms with Gasteiger partial charge in [0.1, 0.15) is 5.76 Å². The Balaban J connectivity index is 2.47. The lowest BCUT2D eigenvalue weighted by molar-refractivity contribution is 0.151. The normalized spacial score (nSPS) is 14.2. The minimum atomic E-state index is -0.0833. The molecular weight excluding hydrogens is 216 g/mol. The summed E-state index contributed by atoms with van der Waals surface area (Å²) in [6, 6.07) is 4.12. The zero-order chi connectivity index (χ0) is 12.9. The van der Waals surface area contributed by atoms with Crippen LogP contribution in [0.4, 0.5) is 0 Å². The molecule has 1 rings (SSSR count). The predicted octanol–water partition coefficient (Wildman–Crippen LogP) is 1.49. The largest absolute Gasteiger partial charge is 0.468 e. The Morgan fingerprint density at radius 1 is 1.47 bits per heavy atom. The molecule has 1 heterocycles. The Kier molecular flexibility index (Phi) is 5.18. The molecule has 0 radical (unpaired) electrons. The zero-order valence-electron chi connectivity index (χ0n) is 11.2. The summed E-state index contributed by atoms with van der Waals surface area (Å²) in [4.78, 5) is 2.12. The van der Waals surface area contributed by atoms with Crippen molar-refractivity contribution in [3.05, 3.63) is 24.2 Å². The number of aliphatic hydroxyl groups is 1. The van der Waals surface area contributed by atoms with Crippen LogP contribution in [0.3, 0.4) is 0 Å². The van der Waals surface area contributed by atoms with Crippen LogP contribution in [0.1, 0.15) is 25.6 Å². The van der Waals surface area contributed by atoms with Crippen LogP contribution in [0.15, 0.2) is 22.8 Å². The second-order valence-corrected chi connectivity index (χ2v) is 5.45. The molecule has 4 heteroatoms. The van der Waals surface area contributed by atoms with Gasteiger partial charge in [0.2, 0.25) is 0 Å². The van der Waals surface area contributed by atoms with Crippen molar-refractivity contribution >= 4 is 0 Å². The maximum atomic E-state index is 9.18. The summed E-state index contributed by atoms with van der Waals surface area (Å²) in [6.07, 6.45) is 1.70. The van der Waals surface area contributed by atoms with Crippen molar-refractivity contribution in [1.29, 1.82) is 0 Å². The SMILES string of the molecule is CN(C)C(CNCC(C)(C)CO)c1ccco1. The number of nitrogens with zero attached hydrogens (tertiary/aromatic N) is 1. The maximum absolute atomic E-state index is 9.18. The van der Waals surface area contributed by atoms with Crippen molar-refractivity contribution in [2.24, 2.45) is 5.41 Å². The maximum Gasteiger partial charge on any atom is 0.122 e. The topological polar surface area (TPSA) is 48.6 Å². The fraction of sp³-hybridized carbons (Fsp3) is 0.692. The number of hydrogen-bond donors (Lipinski definition) is 2. The highest BCUT2D eigenvalue weighted by molar-refractivity contribution is 5.05. The van der Waals surface area contributed by atoms with E-state index in [-0.39, 0.29) is 18.1 Å². The molecule has 0 fully saturated rings. The Bertz CT molecular complexity index is 307. The quantitative estimate of drug-likeness (QED) is 0.758. The van der Waals surface area contributed by atoms with Gasteiger partial charge in [-0.15, -0.1) is 0 Å². The van der Waals surface area contributed by atoms with Gasteiger partial charge >= 0.3 is 0 Å². The third kappa shape index (κ3) is 4.50. The van der Waals surface area contributed by atoms with Gasteiger partial charge in [0.25, 0.3) is 0 Å². The highest BCUT2D eigenvalue weighted by atomic mass is 16.3. The zero-order valence-corrected chi connectivity index (χ0v) is 11.2. The van der Waals surface area contributed by atoms with E-state index in [1.165, 1.54) is 0 Å². The number of likely N-dealkylation sites (N-methyl/N-ethyl adjacent to an activating group) is 1. The van der Waals surface area contributed by atoms with Gasteiger partial charge in [-0.2, -0.15) is 0 Å². The van der Waals surface area contributed by atoms with Crippen molar-refractivity contribution in [2.45, 2.75) is 19.9 Å². The van der Waals surface area contributed by atoms with Gasteiger partial charge in [-0.1, -0.05) is 13.8 Å². The average Bonchev–Trinajstić information content (AvgIpc) is 2.77. The molecule has 0 aliphatic heterocycles. The lowest BCUT2D eigenvalue weighted by Crippen LogP contribution is -2.37. The van der Waals surface area contributed by atoms with Crippen molar-refractivity contribution in [3.8, 4) is 0 Å². The number of rotatable bonds is 7. The molecular formula is C13H24N2O2. The lowest BCUT2D eigenvalue weighted by Gasteiger charge is -2.26. The van der Waals surface area contributed by atoms with Crippen molar-refractivity contribution in [2.75, 3.05) is 33.8 Å². The lowest BCUT2D eigenvalue weighted by atomic mass is 9.95. The molecule has 0 bridgehead atoms. The molecule has 0 aliphatic carbocycles. The molecule has 0 aromatic carbocycles. The van der Waals surface area contributed by atoms with Crippen LogP contribution < -0.4 is 5.32 Å². The molecule has 0 spiro atoms. The fourth-order valence-electron chi connectivity index (χ4n) is 1.62. The standard InChI is InChI=1S/C13H24N2O2/c1-13(2,10-16)9-14-8-11(15(3)4)12-6-5-7-17-12/h5-7,11,14,16H,8-10H2,1-4H3. The number of aliphatic hydroxyl groups excluding tert-OH is 1. The minimum absolute atomic E-state index is 0.0833. The highest BCUT2D eigenvalue weighted by Crippen LogP contribution is 2.18. The van der Waals surface area contributed by atoms with Gasteiger partial charge < -0.3 is 14.8 Å². The van der Waals surface area contributed by atoms with E-state index in [1.54, 1.807) is 6.26 Å². The predicted molar refractivity (Wildman–Crippen MR) is 68.9 cm³/mol. The third-order valence-corrected chi connectivity index (χ3v) is 2.86. The highest BCUT2D eigenvalue weighted by Gasteiger charge is 2.20. The summed E-state index contributed by atoms with van der Waals surface area (Å²) in [5.41, 5.74) is -0.0833. The molecule has 1 atom stereocenters. The van der Waals surface area contributed by atoms with E-state index in [9.17, 15) is 5.11 Å². The first-order chi connectivity index (χ1) is 7.96. The summed E-state index contributed by atoms with van der Waals surface area (Å²) in [5, 5.41) is 12.6. The summed E-state index contributed by atoms with van der Waals surface area (Å²) >= 11 is 0. The van der Waals surface area contributed by atoms with Crippen LogP contribution >= 0.6 is 0 Å². The Morgan fingerprint density at radius 3 is 2.65 bits per heavy atom. The fourth-order valence-corrected chi connectivity index (χ4v) is 1.62. The summed E-state index contributed by atoms with van der Waals surface area (Å²) in [6.45, 7) is 5.86. The average molecular weight is 240 g/mol. The van der Waals surface area contributed by atoms with Crippen LogP contribution in [-0.4, -0.2) is 43.8 Å². The molecule has 0 saturated carbocycles. The van der Waals surface area contributed by atoms with Crippen LogP contribution in [0.2, 0.25) is 0 Å². The molecule has 1 aromatic heterocycles. The first-order valence-corrected chi connectivity index (χ1v) is 5.98.